The first-order chi connectivity index (χ1) is 15.3. The van der Waals surface area contributed by atoms with Crippen LogP contribution in [0.3, 0.4) is 0 Å². The first-order valence-electron chi connectivity index (χ1n) is 11.6. The molecule has 0 saturated heterocycles. The molecule has 1 aromatic carbocycles. The number of benzene rings is 1. The van der Waals surface area contributed by atoms with E-state index in [2.05, 4.69) is 54.9 Å². The fourth-order valence-electron chi connectivity index (χ4n) is 4.29. The molecule has 1 atom stereocenters. The molecule has 2 heterocycles. The molecule has 0 spiro atoms. The van der Waals surface area contributed by atoms with E-state index in [9.17, 15) is 9.59 Å². The second kappa shape index (κ2) is 10.8. The zero-order chi connectivity index (χ0) is 23.3. The van der Waals surface area contributed by atoms with E-state index in [4.69, 9.17) is 4.74 Å². The van der Waals surface area contributed by atoms with Crippen molar-refractivity contribution in [2.75, 3.05) is 33.4 Å². The van der Waals surface area contributed by atoms with Gasteiger partial charge in [-0.15, -0.1) is 0 Å². The summed E-state index contributed by atoms with van der Waals surface area (Å²) in [5.74, 6) is 0.679. The number of carbonyl (C=O) groups is 2. The van der Waals surface area contributed by atoms with Crippen molar-refractivity contribution in [3.05, 3.63) is 59.4 Å². The van der Waals surface area contributed by atoms with Gasteiger partial charge in [-0.2, -0.15) is 0 Å². The van der Waals surface area contributed by atoms with Crippen molar-refractivity contribution < 1.29 is 14.3 Å². The molecule has 1 aromatic heterocycles. The van der Waals surface area contributed by atoms with Crippen molar-refractivity contribution in [1.29, 1.82) is 0 Å². The van der Waals surface area contributed by atoms with Gasteiger partial charge in [0.1, 0.15) is 0 Å². The van der Waals surface area contributed by atoms with Gasteiger partial charge in [-0.1, -0.05) is 52.0 Å². The number of hydrogen-bond donors (Lipinski definition) is 0. The van der Waals surface area contributed by atoms with Gasteiger partial charge >= 0.3 is 0 Å². The van der Waals surface area contributed by atoms with Crippen molar-refractivity contribution in [2.45, 2.75) is 52.6 Å². The molecule has 6 nitrogen and oxygen atoms in total. The Hall–Kier alpha value is -2.60. The van der Waals surface area contributed by atoms with Crippen molar-refractivity contribution >= 4 is 11.8 Å². The molecule has 2 aromatic rings. The lowest BCUT2D eigenvalue weighted by Crippen LogP contribution is -2.48. The van der Waals surface area contributed by atoms with Gasteiger partial charge < -0.3 is 19.1 Å². The van der Waals surface area contributed by atoms with Gasteiger partial charge in [-0.3, -0.25) is 9.59 Å². The minimum atomic E-state index is -0.156. The van der Waals surface area contributed by atoms with Crippen LogP contribution in [0.25, 0.3) is 0 Å². The van der Waals surface area contributed by atoms with E-state index in [1.807, 2.05) is 24.8 Å². The molecule has 3 rings (SSSR count). The molecule has 0 N–H and O–H groups in total. The number of ether oxygens (including phenoxy) is 1. The third-order valence-corrected chi connectivity index (χ3v) is 6.10. The van der Waals surface area contributed by atoms with Gasteiger partial charge in [-0.05, 0) is 35.1 Å². The topological polar surface area (TPSA) is 54.8 Å². The highest BCUT2D eigenvalue weighted by Gasteiger charge is 2.33. The second-order valence-electron chi connectivity index (χ2n) is 9.34. The van der Waals surface area contributed by atoms with Crippen LogP contribution in [0.15, 0.2) is 42.6 Å². The van der Waals surface area contributed by atoms with Crippen LogP contribution in [0.5, 0.6) is 0 Å². The first kappa shape index (κ1) is 24.1. The van der Waals surface area contributed by atoms with E-state index in [0.717, 1.165) is 17.8 Å². The van der Waals surface area contributed by atoms with Crippen LogP contribution in [0.2, 0.25) is 0 Å². The average molecular weight is 440 g/mol. The number of fused-ring (bicyclic) bond motifs is 1. The van der Waals surface area contributed by atoms with Crippen LogP contribution in [0.1, 0.15) is 62.9 Å². The van der Waals surface area contributed by atoms with Crippen molar-refractivity contribution in [2.24, 2.45) is 5.92 Å². The van der Waals surface area contributed by atoms with Crippen molar-refractivity contribution in [3.8, 4) is 0 Å². The summed E-state index contributed by atoms with van der Waals surface area (Å²) in [5.41, 5.74) is 3.49. The Kier molecular flexibility index (Phi) is 8.13. The molecular formula is C26H37N3O3. The van der Waals surface area contributed by atoms with E-state index in [-0.39, 0.29) is 30.3 Å². The maximum atomic E-state index is 13.5. The fourth-order valence-corrected chi connectivity index (χ4v) is 4.29. The highest BCUT2D eigenvalue weighted by atomic mass is 16.5. The summed E-state index contributed by atoms with van der Waals surface area (Å²) in [4.78, 5) is 29.9. The molecule has 1 aliphatic heterocycles. The third kappa shape index (κ3) is 5.60. The molecule has 174 valence electrons. The quantitative estimate of drug-likeness (QED) is 0.592. The van der Waals surface area contributed by atoms with Crippen LogP contribution in [-0.4, -0.2) is 59.5 Å². The summed E-state index contributed by atoms with van der Waals surface area (Å²) in [6.45, 7) is 10.7. The minimum absolute atomic E-state index is 0.00335. The summed E-state index contributed by atoms with van der Waals surface area (Å²) in [5, 5.41) is 0. The Morgan fingerprint density at radius 2 is 1.81 bits per heavy atom. The number of rotatable bonds is 9. The standard InChI is InChI=1S/C26H37N3O3/c1-19(2)17-24(30)28(15-16-32-5)18-25(31)29-14-13-27-12-6-7-23(27)26(29)22-10-8-21(9-11-22)20(3)4/h6-12,19-20,26H,13-18H2,1-5H3. The molecule has 1 aliphatic rings. The highest BCUT2D eigenvalue weighted by molar-refractivity contribution is 5.85. The van der Waals surface area contributed by atoms with Crippen LogP contribution in [0, 0.1) is 5.92 Å². The van der Waals surface area contributed by atoms with Crippen molar-refractivity contribution in [3.63, 3.8) is 0 Å². The van der Waals surface area contributed by atoms with Gasteiger partial charge in [0.25, 0.3) is 0 Å². The Bertz CT molecular complexity index is 901. The SMILES string of the molecule is COCCN(CC(=O)N1CCn2cccc2C1c1ccc(C(C)C)cc1)C(=O)CC(C)C. The van der Waals surface area contributed by atoms with E-state index < -0.39 is 0 Å². The molecule has 0 fully saturated rings. The smallest absolute Gasteiger partial charge is 0.243 e. The summed E-state index contributed by atoms with van der Waals surface area (Å²) in [7, 11) is 1.61. The number of methoxy groups -OCH3 is 1. The maximum Gasteiger partial charge on any atom is 0.243 e. The molecule has 0 saturated carbocycles. The summed E-state index contributed by atoms with van der Waals surface area (Å²) >= 11 is 0. The molecule has 6 heteroatoms. The van der Waals surface area contributed by atoms with Gasteiger partial charge in [0, 0.05) is 45.1 Å². The Balaban J connectivity index is 1.86. The number of amides is 2. The minimum Gasteiger partial charge on any atom is -0.383 e. The van der Waals surface area contributed by atoms with Crippen LogP contribution >= 0.6 is 0 Å². The second-order valence-corrected chi connectivity index (χ2v) is 9.34. The molecule has 32 heavy (non-hydrogen) atoms. The molecular weight excluding hydrogens is 402 g/mol. The average Bonchev–Trinajstić information content (AvgIpc) is 3.24. The van der Waals surface area contributed by atoms with E-state index in [1.165, 1.54) is 5.56 Å². The lowest BCUT2D eigenvalue weighted by atomic mass is 9.95. The van der Waals surface area contributed by atoms with Crippen LogP contribution in [-0.2, 0) is 20.9 Å². The van der Waals surface area contributed by atoms with E-state index in [0.29, 0.717) is 32.0 Å². The summed E-state index contributed by atoms with van der Waals surface area (Å²) in [6.07, 6.45) is 2.50. The Labute approximate surface area is 192 Å². The fraction of sp³-hybridized carbons (Fsp3) is 0.538. The Morgan fingerprint density at radius 1 is 1.09 bits per heavy atom. The van der Waals surface area contributed by atoms with E-state index in [1.54, 1.807) is 12.0 Å². The number of carbonyl (C=O) groups excluding carboxylic acids is 2. The van der Waals surface area contributed by atoms with Crippen LogP contribution < -0.4 is 0 Å². The molecule has 1 unspecified atom stereocenters. The normalized spacial score (nSPS) is 15.8. The number of nitrogens with zero attached hydrogens (tertiary/aromatic N) is 3. The maximum absolute atomic E-state index is 13.5. The van der Waals surface area contributed by atoms with Crippen molar-refractivity contribution in [1.82, 2.24) is 14.4 Å². The van der Waals surface area contributed by atoms with Gasteiger partial charge in [0.15, 0.2) is 0 Å². The first-order valence-corrected chi connectivity index (χ1v) is 11.6. The molecule has 0 bridgehead atoms. The lowest BCUT2D eigenvalue weighted by Gasteiger charge is -2.38. The predicted molar refractivity (Wildman–Crippen MR) is 126 cm³/mol. The number of hydrogen-bond acceptors (Lipinski definition) is 3. The number of aromatic nitrogens is 1. The lowest BCUT2D eigenvalue weighted by molar-refractivity contribution is -0.143. The summed E-state index contributed by atoms with van der Waals surface area (Å²) < 4.78 is 7.41. The zero-order valence-electron chi connectivity index (χ0n) is 20.1. The highest BCUT2D eigenvalue weighted by Crippen LogP contribution is 2.33. The monoisotopic (exact) mass is 439 g/mol. The Morgan fingerprint density at radius 3 is 2.44 bits per heavy atom. The van der Waals surface area contributed by atoms with E-state index >= 15 is 0 Å². The summed E-state index contributed by atoms with van der Waals surface area (Å²) in [6, 6.07) is 12.5. The predicted octanol–water partition coefficient (Wildman–Crippen LogP) is 4.06. The van der Waals surface area contributed by atoms with Crippen LogP contribution in [0.4, 0.5) is 0 Å². The van der Waals surface area contributed by atoms with Gasteiger partial charge in [0.2, 0.25) is 11.8 Å². The molecule has 2 amide bonds. The van der Waals surface area contributed by atoms with Gasteiger partial charge in [0.05, 0.1) is 19.2 Å². The molecule has 0 radical (unpaired) electrons. The molecule has 0 aliphatic carbocycles. The third-order valence-electron chi connectivity index (χ3n) is 6.10. The van der Waals surface area contributed by atoms with Gasteiger partial charge in [-0.25, -0.2) is 0 Å². The zero-order valence-corrected chi connectivity index (χ0v) is 20.1. The largest absolute Gasteiger partial charge is 0.383 e.